The van der Waals surface area contributed by atoms with Crippen molar-refractivity contribution in [3.8, 4) is 0 Å². The van der Waals surface area contributed by atoms with Crippen LogP contribution in [0.25, 0.3) is 0 Å². The van der Waals surface area contributed by atoms with Gasteiger partial charge in [-0.2, -0.15) is 8.42 Å². The Morgan fingerprint density at radius 2 is 0.958 bits per heavy atom. The standard InChI is InChI=1S/C40H73NO6S/c1-3-5-7-9-11-13-15-16-17-18-19-20-21-22-23-24-25-27-28-30-32-34-38(42)37(36-48(45,46)47)41-40(44)39(43)35-33-31-29-26-14-12-10-8-6-4-2/h10,12,21-22,25,27,32,34,37-39,42-43H,3-9,11,13-20,23-24,26,28-31,33,35-36H2,1-2H3,(H,41,44)(H,45,46,47)/b12-10-,22-21+,27-25+,34-32+. The molecule has 0 saturated carbocycles. The van der Waals surface area contributed by atoms with E-state index in [0.717, 1.165) is 57.8 Å². The van der Waals surface area contributed by atoms with E-state index in [1.807, 2.05) is 0 Å². The molecule has 3 unspecified atom stereocenters. The van der Waals surface area contributed by atoms with Crippen LogP contribution in [0.1, 0.15) is 174 Å². The lowest BCUT2D eigenvalue weighted by molar-refractivity contribution is -0.130. The number of aliphatic hydroxyl groups excluding tert-OH is 2. The second-order valence-electron chi connectivity index (χ2n) is 13.3. The molecule has 4 N–H and O–H groups in total. The molecular formula is C40H73NO6S. The normalized spacial score (nSPS) is 14.5. The van der Waals surface area contributed by atoms with Crippen LogP contribution in [0.5, 0.6) is 0 Å². The molecule has 0 fully saturated rings. The first kappa shape index (κ1) is 46.3. The molecule has 0 aromatic rings. The van der Waals surface area contributed by atoms with Gasteiger partial charge in [0.25, 0.3) is 10.1 Å². The Kier molecular flexibility index (Phi) is 32.5. The highest BCUT2D eigenvalue weighted by molar-refractivity contribution is 7.85. The van der Waals surface area contributed by atoms with Crippen LogP contribution in [0.4, 0.5) is 0 Å². The highest BCUT2D eigenvalue weighted by atomic mass is 32.2. The maximum atomic E-state index is 12.5. The third-order valence-electron chi connectivity index (χ3n) is 8.56. The minimum absolute atomic E-state index is 0.254. The summed E-state index contributed by atoms with van der Waals surface area (Å²) >= 11 is 0. The van der Waals surface area contributed by atoms with Gasteiger partial charge in [0, 0.05) is 0 Å². The quantitative estimate of drug-likeness (QED) is 0.0302. The van der Waals surface area contributed by atoms with E-state index in [2.05, 4.69) is 55.6 Å². The predicted octanol–water partition coefficient (Wildman–Crippen LogP) is 10.1. The summed E-state index contributed by atoms with van der Waals surface area (Å²) in [6, 6.07) is -1.26. The summed E-state index contributed by atoms with van der Waals surface area (Å²) in [6.07, 6.45) is 41.8. The zero-order valence-electron chi connectivity index (χ0n) is 30.7. The summed E-state index contributed by atoms with van der Waals surface area (Å²) in [4.78, 5) is 12.5. The summed E-state index contributed by atoms with van der Waals surface area (Å²) in [7, 11) is -4.45. The number of carbonyl (C=O) groups is 1. The molecule has 48 heavy (non-hydrogen) atoms. The van der Waals surface area contributed by atoms with Crippen molar-refractivity contribution < 1.29 is 28.0 Å². The van der Waals surface area contributed by atoms with Crippen molar-refractivity contribution in [2.75, 3.05) is 5.75 Å². The minimum atomic E-state index is -4.45. The van der Waals surface area contributed by atoms with Gasteiger partial charge in [-0.25, -0.2) is 0 Å². The maximum absolute atomic E-state index is 12.5. The lowest BCUT2D eigenvalue weighted by Crippen LogP contribution is -2.50. The third kappa shape index (κ3) is 32.8. The predicted molar refractivity (Wildman–Crippen MR) is 204 cm³/mol. The van der Waals surface area contributed by atoms with E-state index in [1.165, 1.54) is 89.5 Å². The van der Waals surface area contributed by atoms with Crippen LogP contribution in [0, 0.1) is 0 Å². The fraction of sp³-hybridized carbons (Fsp3) is 0.775. The molecule has 0 heterocycles. The van der Waals surface area contributed by atoms with Crippen LogP contribution in [0.3, 0.4) is 0 Å². The first-order valence-electron chi connectivity index (χ1n) is 19.4. The van der Waals surface area contributed by atoms with Gasteiger partial charge in [-0.15, -0.1) is 0 Å². The van der Waals surface area contributed by atoms with E-state index in [0.29, 0.717) is 12.8 Å². The van der Waals surface area contributed by atoms with Crippen molar-refractivity contribution in [3.05, 3.63) is 48.6 Å². The number of rotatable bonds is 34. The molecule has 0 saturated heterocycles. The van der Waals surface area contributed by atoms with Gasteiger partial charge in [0.2, 0.25) is 5.91 Å². The van der Waals surface area contributed by atoms with Crippen LogP contribution < -0.4 is 5.32 Å². The number of amides is 1. The fourth-order valence-electron chi connectivity index (χ4n) is 5.53. The Hall–Kier alpha value is -1.74. The number of aliphatic hydroxyl groups is 2. The Balaban J connectivity index is 4.13. The van der Waals surface area contributed by atoms with Gasteiger partial charge in [-0.1, -0.05) is 159 Å². The average Bonchev–Trinajstić information content (AvgIpc) is 3.05. The van der Waals surface area contributed by atoms with Gasteiger partial charge in [-0.3, -0.25) is 9.35 Å². The molecule has 0 aliphatic heterocycles. The zero-order chi connectivity index (χ0) is 35.6. The smallest absolute Gasteiger partial charge is 0.267 e. The second kappa shape index (κ2) is 33.7. The van der Waals surface area contributed by atoms with Crippen molar-refractivity contribution in [1.82, 2.24) is 5.32 Å². The van der Waals surface area contributed by atoms with Crippen molar-refractivity contribution in [2.24, 2.45) is 0 Å². The summed E-state index contributed by atoms with van der Waals surface area (Å²) < 4.78 is 32.4. The molecule has 8 heteroatoms. The summed E-state index contributed by atoms with van der Waals surface area (Å²) in [5.74, 6) is -1.58. The van der Waals surface area contributed by atoms with Crippen molar-refractivity contribution >= 4 is 16.0 Å². The fourth-order valence-corrected chi connectivity index (χ4v) is 6.26. The summed E-state index contributed by atoms with van der Waals surface area (Å²) in [5.41, 5.74) is 0. The minimum Gasteiger partial charge on any atom is -0.387 e. The average molecular weight is 696 g/mol. The van der Waals surface area contributed by atoms with Gasteiger partial charge < -0.3 is 15.5 Å². The number of unbranched alkanes of at least 4 members (excludes halogenated alkanes) is 19. The van der Waals surface area contributed by atoms with Gasteiger partial charge in [0.05, 0.1) is 17.9 Å². The Bertz CT molecular complexity index is 959. The number of allylic oxidation sites excluding steroid dienone is 7. The van der Waals surface area contributed by atoms with Gasteiger partial charge in [-0.05, 0) is 64.2 Å². The largest absolute Gasteiger partial charge is 0.387 e. The lowest BCUT2D eigenvalue weighted by atomic mass is 10.1. The first-order valence-corrected chi connectivity index (χ1v) is 21.1. The molecule has 0 spiro atoms. The van der Waals surface area contributed by atoms with E-state index in [1.54, 1.807) is 6.08 Å². The molecule has 7 nitrogen and oxygen atoms in total. The Labute approximate surface area is 295 Å². The molecule has 0 bridgehead atoms. The molecule has 280 valence electrons. The van der Waals surface area contributed by atoms with E-state index < -0.39 is 40.0 Å². The SMILES string of the molecule is CCCC/C=C\CCCCCCC(O)C(=O)NC(CS(=O)(=O)O)C(O)/C=C/CC/C=C/CC/C=C/CCCCCCCCCCCCC. The van der Waals surface area contributed by atoms with Crippen LogP contribution in [0.2, 0.25) is 0 Å². The van der Waals surface area contributed by atoms with Crippen LogP contribution in [0.15, 0.2) is 48.6 Å². The second-order valence-corrected chi connectivity index (χ2v) is 14.8. The van der Waals surface area contributed by atoms with Gasteiger partial charge in [0.1, 0.15) is 6.10 Å². The van der Waals surface area contributed by atoms with Crippen molar-refractivity contribution in [2.45, 2.75) is 193 Å². The summed E-state index contributed by atoms with van der Waals surface area (Å²) in [5, 5.41) is 23.2. The molecule has 0 aromatic heterocycles. The molecular weight excluding hydrogens is 623 g/mol. The number of hydrogen-bond acceptors (Lipinski definition) is 5. The van der Waals surface area contributed by atoms with E-state index in [-0.39, 0.29) is 6.42 Å². The Morgan fingerprint density at radius 1 is 0.562 bits per heavy atom. The van der Waals surface area contributed by atoms with Gasteiger partial charge >= 0.3 is 0 Å². The maximum Gasteiger partial charge on any atom is 0.267 e. The molecule has 0 aliphatic carbocycles. The van der Waals surface area contributed by atoms with Crippen LogP contribution >= 0.6 is 0 Å². The van der Waals surface area contributed by atoms with E-state index in [4.69, 9.17) is 0 Å². The molecule has 0 aromatic carbocycles. The van der Waals surface area contributed by atoms with Crippen LogP contribution in [-0.2, 0) is 14.9 Å². The number of hydrogen-bond donors (Lipinski definition) is 4. The molecule has 0 aliphatic rings. The monoisotopic (exact) mass is 696 g/mol. The molecule has 0 radical (unpaired) electrons. The van der Waals surface area contributed by atoms with E-state index >= 15 is 0 Å². The third-order valence-corrected chi connectivity index (χ3v) is 9.34. The highest BCUT2D eigenvalue weighted by Gasteiger charge is 2.27. The van der Waals surface area contributed by atoms with Crippen LogP contribution in [-0.4, -0.2) is 53.1 Å². The summed E-state index contributed by atoms with van der Waals surface area (Å²) in [6.45, 7) is 4.44. The first-order chi connectivity index (χ1) is 23.2. The topological polar surface area (TPSA) is 124 Å². The Morgan fingerprint density at radius 3 is 1.44 bits per heavy atom. The lowest BCUT2D eigenvalue weighted by Gasteiger charge is -2.22. The molecule has 0 rings (SSSR count). The number of nitrogens with one attached hydrogen (secondary N) is 1. The van der Waals surface area contributed by atoms with E-state index in [9.17, 15) is 28.0 Å². The zero-order valence-corrected chi connectivity index (χ0v) is 31.5. The molecule has 1 amide bonds. The van der Waals surface area contributed by atoms with Crippen molar-refractivity contribution in [1.29, 1.82) is 0 Å². The van der Waals surface area contributed by atoms with Crippen molar-refractivity contribution in [3.63, 3.8) is 0 Å². The highest BCUT2D eigenvalue weighted by Crippen LogP contribution is 2.13. The number of carbonyl (C=O) groups excluding carboxylic acids is 1. The van der Waals surface area contributed by atoms with Gasteiger partial charge in [0.15, 0.2) is 0 Å². The molecule has 3 atom stereocenters.